The maximum absolute atomic E-state index is 13.2. The van der Waals surface area contributed by atoms with Crippen molar-refractivity contribution in [3.8, 4) is 0 Å². The van der Waals surface area contributed by atoms with E-state index in [4.69, 9.17) is 11.6 Å². The number of rotatable bonds is 2. The Balaban J connectivity index is 2.49. The van der Waals surface area contributed by atoms with Crippen LogP contribution in [-0.4, -0.2) is 5.78 Å². The Morgan fingerprint density at radius 1 is 1.00 bits per heavy atom. The molecule has 0 N–H and O–H groups in total. The number of hydrogen-bond donors (Lipinski definition) is 0. The van der Waals surface area contributed by atoms with Gasteiger partial charge >= 0.3 is 0 Å². The SMILES string of the molecule is Cc1cc(C(=O)c2ccc(F)c(F)c2)c(C)cc1Cl. The van der Waals surface area contributed by atoms with Crippen LogP contribution in [0.15, 0.2) is 30.3 Å². The Kier molecular flexibility index (Phi) is 3.67. The third-order valence-corrected chi connectivity index (χ3v) is 3.34. The molecule has 0 bridgehead atoms. The molecule has 4 heteroatoms. The van der Waals surface area contributed by atoms with E-state index in [-0.39, 0.29) is 11.3 Å². The molecule has 0 unspecified atom stereocenters. The van der Waals surface area contributed by atoms with Crippen LogP contribution in [-0.2, 0) is 0 Å². The number of halogens is 3. The van der Waals surface area contributed by atoms with Crippen molar-refractivity contribution in [2.45, 2.75) is 13.8 Å². The lowest BCUT2D eigenvalue weighted by atomic mass is 9.97. The maximum Gasteiger partial charge on any atom is 0.193 e. The molecule has 0 amide bonds. The molecule has 0 fully saturated rings. The highest BCUT2D eigenvalue weighted by Crippen LogP contribution is 2.23. The molecule has 0 spiro atoms. The van der Waals surface area contributed by atoms with Gasteiger partial charge in [0.1, 0.15) is 0 Å². The number of carbonyl (C=O) groups excluding carboxylic acids is 1. The average Bonchev–Trinajstić information content (AvgIpc) is 2.36. The molecule has 0 atom stereocenters. The lowest BCUT2D eigenvalue weighted by Gasteiger charge is -2.08. The van der Waals surface area contributed by atoms with Crippen LogP contribution in [0, 0.1) is 25.5 Å². The average molecular weight is 281 g/mol. The van der Waals surface area contributed by atoms with Crippen LogP contribution in [0.25, 0.3) is 0 Å². The number of benzene rings is 2. The highest BCUT2D eigenvalue weighted by atomic mass is 35.5. The number of ketones is 1. The lowest BCUT2D eigenvalue weighted by molar-refractivity contribution is 0.103. The summed E-state index contributed by atoms with van der Waals surface area (Å²) in [6, 6.07) is 6.46. The van der Waals surface area contributed by atoms with Crippen molar-refractivity contribution in [1.29, 1.82) is 0 Å². The second-order valence-electron chi connectivity index (χ2n) is 4.37. The van der Waals surface area contributed by atoms with E-state index < -0.39 is 11.6 Å². The van der Waals surface area contributed by atoms with Gasteiger partial charge in [-0.3, -0.25) is 4.79 Å². The van der Waals surface area contributed by atoms with Gasteiger partial charge in [0.05, 0.1) is 0 Å². The largest absolute Gasteiger partial charge is 0.289 e. The molecule has 1 nitrogen and oxygen atoms in total. The second-order valence-corrected chi connectivity index (χ2v) is 4.78. The van der Waals surface area contributed by atoms with Crippen molar-refractivity contribution >= 4 is 17.4 Å². The molecule has 0 aliphatic heterocycles. The summed E-state index contributed by atoms with van der Waals surface area (Å²) in [5.74, 6) is -2.36. The number of hydrogen-bond acceptors (Lipinski definition) is 1. The minimum Gasteiger partial charge on any atom is -0.289 e. The number of aryl methyl sites for hydroxylation is 2. The third kappa shape index (κ3) is 2.66. The van der Waals surface area contributed by atoms with Gasteiger partial charge in [-0.15, -0.1) is 0 Å². The molecular weight excluding hydrogens is 270 g/mol. The first-order valence-electron chi connectivity index (χ1n) is 5.66. The van der Waals surface area contributed by atoms with Crippen LogP contribution < -0.4 is 0 Å². The third-order valence-electron chi connectivity index (χ3n) is 2.93. The molecule has 2 rings (SSSR count). The smallest absolute Gasteiger partial charge is 0.193 e. The standard InChI is InChI=1S/C15H11ClF2O/c1-8-6-12(16)9(2)5-11(8)15(19)10-3-4-13(17)14(18)7-10/h3-7H,1-2H3. The van der Waals surface area contributed by atoms with E-state index >= 15 is 0 Å². The zero-order chi connectivity index (χ0) is 14.2. The predicted octanol–water partition coefficient (Wildman–Crippen LogP) is 4.47. The fraction of sp³-hybridized carbons (Fsp3) is 0.133. The summed E-state index contributed by atoms with van der Waals surface area (Å²) in [6.45, 7) is 3.53. The van der Waals surface area contributed by atoms with Crippen LogP contribution >= 0.6 is 11.6 Å². The van der Waals surface area contributed by atoms with Gasteiger partial charge < -0.3 is 0 Å². The monoisotopic (exact) mass is 280 g/mol. The molecule has 0 saturated heterocycles. The summed E-state index contributed by atoms with van der Waals surface area (Å²) >= 11 is 5.96. The molecule has 0 aliphatic rings. The Hall–Kier alpha value is -1.74. The summed E-state index contributed by atoms with van der Waals surface area (Å²) in [6.07, 6.45) is 0. The molecule has 0 heterocycles. The normalized spacial score (nSPS) is 10.6. The van der Waals surface area contributed by atoms with Crippen LogP contribution in [0.5, 0.6) is 0 Å². The number of carbonyl (C=O) groups is 1. The predicted molar refractivity (Wildman–Crippen MR) is 70.7 cm³/mol. The van der Waals surface area contributed by atoms with E-state index in [9.17, 15) is 13.6 Å². The Bertz CT molecular complexity index is 665. The van der Waals surface area contributed by atoms with Crippen LogP contribution in [0.1, 0.15) is 27.0 Å². The summed E-state index contributed by atoms with van der Waals surface area (Å²) in [5.41, 5.74) is 2.01. The fourth-order valence-corrected chi connectivity index (χ4v) is 2.04. The van der Waals surface area contributed by atoms with Crippen molar-refractivity contribution in [1.82, 2.24) is 0 Å². The zero-order valence-corrected chi connectivity index (χ0v) is 11.2. The van der Waals surface area contributed by atoms with Gasteiger partial charge in [0, 0.05) is 16.1 Å². The molecule has 0 saturated carbocycles. The molecule has 19 heavy (non-hydrogen) atoms. The van der Waals surface area contributed by atoms with E-state index in [2.05, 4.69) is 0 Å². The van der Waals surface area contributed by atoms with Crippen molar-refractivity contribution in [2.24, 2.45) is 0 Å². The van der Waals surface area contributed by atoms with E-state index in [1.165, 1.54) is 6.07 Å². The first-order valence-corrected chi connectivity index (χ1v) is 6.04. The lowest BCUT2D eigenvalue weighted by Crippen LogP contribution is -2.05. The van der Waals surface area contributed by atoms with Crippen molar-refractivity contribution < 1.29 is 13.6 Å². The van der Waals surface area contributed by atoms with Crippen LogP contribution in [0.4, 0.5) is 8.78 Å². The van der Waals surface area contributed by atoms with Crippen molar-refractivity contribution in [3.63, 3.8) is 0 Å². The van der Waals surface area contributed by atoms with Crippen molar-refractivity contribution in [3.05, 3.63) is 69.2 Å². The highest BCUT2D eigenvalue weighted by Gasteiger charge is 2.15. The summed E-state index contributed by atoms with van der Waals surface area (Å²) in [5, 5.41) is 0.569. The highest BCUT2D eigenvalue weighted by molar-refractivity contribution is 6.31. The maximum atomic E-state index is 13.2. The molecular formula is C15H11ClF2O. The Morgan fingerprint density at radius 2 is 1.68 bits per heavy atom. The molecule has 0 radical (unpaired) electrons. The summed E-state index contributed by atoms with van der Waals surface area (Å²) < 4.78 is 26.0. The minimum atomic E-state index is -1.03. The second kappa shape index (κ2) is 5.10. The van der Waals surface area contributed by atoms with Gasteiger partial charge in [-0.05, 0) is 55.3 Å². The van der Waals surface area contributed by atoms with Gasteiger partial charge in [0.2, 0.25) is 0 Å². The topological polar surface area (TPSA) is 17.1 Å². The minimum absolute atomic E-state index is 0.115. The van der Waals surface area contributed by atoms with Gasteiger partial charge in [-0.2, -0.15) is 0 Å². The van der Waals surface area contributed by atoms with E-state index in [1.807, 2.05) is 0 Å². The van der Waals surface area contributed by atoms with Crippen LogP contribution in [0.2, 0.25) is 5.02 Å². The molecule has 0 aliphatic carbocycles. The summed E-state index contributed by atoms with van der Waals surface area (Å²) in [4.78, 5) is 12.3. The first kappa shape index (κ1) is 13.7. The first-order chi connectivity index (χ1) is 8.90. The Morgan fingerprint density at radius 3 is 2.32 bits per heavy atom. The molecule has 2 aromatic carbocycles. The van der Waals surface area contributed by atoms with Gasteiger partial charge in [-0.25, -0.2) is 8.78 Å². The van der Waals surface area contributed by atoms with E-state index in [0.29, 0.717) is 16.1 Å². The van der Waals surface area contributed by atoms with Gasteiger partial charge in [0.15, 0.2) is 17.4 Å². The van der Waals surface area contributed by atoms with Crippen molar-refractivity contribution in [2.75, 3.05) is 0 Å². The summed E-state index contributed by atoms with van der Waals surface area (Å²) in [7, 11) is 0. The quantitative estimate of drug-likeness (QED) is 0.742. The van der Waals surface area contributed by atoms with Crippen LogP contribution in [0.3, 0.4) is 0 Å². The van der Waals surface area contributed by atoms with E-state index in [1.54, 1.807) is 26.0 Å². The molecule has 0 aromatic heterocycles. The molecule has 2 aromatic rings. The van der Waals surface area contributed by atoms with E-state index in [0.717, 1.165) is 17.7 Å². The van der Waals surface area contributed by atoms with Gasteiger partial charge in [-0.1, -0.05) is 11.6 Å². The zero-order valence-electron chi connectivity index (χ0n) is 10.4. The fourth-order valence-electron chi connectivity index (χ4n) is 1.82. The van der Waals surface area contributed by atoms with Gasteiger partial charge in [0.25, 0.3) is 0 Å². The molecule has 98 valence electrons. The Labute approximate surface area is 114 Å².